The van der Waals surface area contributed by atoms with E-state index in [-0.39, 0.29) is 5.91 Å². The molecule has 0 radical (unpaired) electrons. The van der Waals surface area contributed by atoms with E-state index in [1.165, 1.54) is 6.26 Å². The molecule has 5 nitrogen and oxygen atoms in total. The summed E-state index contributed by atoms with van der Waals surface area (Å²) in [5.41, 5.74) is 2.03. The number of hydrogen-bond donors (Lipinski definition) is 1. The molecule has 1 N–H and O–H groups in total. The van der Waals surface area contributed by atoms with Crippen LogP contribution in [0.25, 0.3) is 16.9 Å². The maximum Gasteiger partial charge on any atom is 0.260 e. The fourth-order valence-corrected chi connectivity index (χ4v) is 1.93. The van der Waals surface area contributed by atoms with Gasteiger partial charge in [-0.3, -0.25) is 4.79 Å². The molecule has 0 saturated carbocycles. The van der Waals surface area contributed by atoms with Crippen LogP contribution >= 0.6 is 0 Å². The minimum Gasteiger partial charge on any atom is -0.501 e. The Labute approximate surface area is 109 Å². The zero-order valence-electron chi connectivity index (χ0n) is 10.3. The highest BCUT2D eigenvalue weighted by Crippen LogP contribution is 2.33. The van der Waals surface area contributed by atoms with Crippen molar-refractivity contribution in [3.63, 3.8) is 0 Å². The summed E-state index contributed by atoms with van der Waals surface area (Å²) in [6.45, 7) is 2.37. The Kier molecular flexibility index (Phi) is 2.79. The van der Waals surface area contributed by atoms with Gasteiger partial charge in [0.15, 0.2) is 0 Å². The Morgan fingerprint density at radius 3 is 3.16 bits per heavy atom. The van der Waals surface area contributed by atoms with Gasteiger partial charge in [-0.15, -0.1) is 0 Å². The second kappa shape index (κ2) is 4.61. The summed E-state index contributed by atoms with van der Waals surface area (Å²) in [7, 11) is 0. The average Bonchev–Trinajstić information content (AvgIpc) is 3.03. The molecule has 0 spiro atoms. The third-order valence-electron chi connectivity index (χ3n) is 2.83. The zero-order chi connectivity index (χ0) is 13.2. The van der Waals surface area contributed by atoms with E-state index in [2.05, 4.69) is 10.3 Å². The number of nitrogens with zero attached hydrogens (tertiary/aromatic N) is 1. The number of amides is 1. The van der Waals surface area contributed by atoms with Crippen molar-refractivity contribution in [1.82, 2.24) is 4.98 Å². The zero-order valence-corrected chi connectivity index (χ0v) is 10.3. The lowest BCUT2D eigenvalue weighted by Crippen LogP contribution is -2.04. The molecule has 0 aliphatic carbocycles. The maximum atomic E-state index is 11.8. The predicted molar refractivity (Wildman–Crippen MR) is 70.2 cm³/mol. The molecule has 1 amide bonds. The minimum absolute atomic E-state index is 0.201. The molecular weight excluding hydrogens is 244 g/mol. The number of nitrogens with one attached hydrogen (secondary N) is 1. The molecule has 3 heterocycles. The van der Waals surface area contributed by atoms with E-state index in [1.54, 1.807) is 12.5 Å². The smallest absolute Gasteiger partial charge is 0.260 e. The summed E-state index contributed by atoms with van der Waals surface area (Å²) in [6, 6.07) is 5.52. The first-order chi connectivity index (χ1) is 9.29. The Balaban J connectivity index is 2.05. The maximum absolute atomic E-state index is 11.8. The summed E-state index contributed by atoms with van der Waals surface area (Å²) in [5.74, 6) is 1.06. The molecule has 2 aromatic rings. The van der Waals surface area contributed by atoms with Crippen molar-refractivity contribution in [1.29, 1.82) is 0 Å². The number of pyridine rings is 1. The standard InChI is InChI=1S/C14H12N2O3/c1-2-18-8-11-10-6-9(12-4-3-5-19-12)7-15-13(10)16-14(11)17/h3-8H,2H2,1H3,(H,15,16,17). The number of carbonyl (C=O) groups excluding carboxylic acids is 1. The second-order valence-corrected chi connectivity index (χ2v) is 4.04. The lowest BCUT2D eigenvalue weighted by molar-refractivity contribution is -0.110. The monoisotopic (exact) mass is 256 g/mol. The first-order valence-corrected chi connectivity index (χ1v) is 5.97. The first kappa shape index (κ1) is 11.5. The van der Waals surface area contributed by atoms with Crippen LogP contribution in [0, 0.1) is 0 Å². The molecule has 0 saturated heterocycles. The van der Waals surface area contributed by atoms with Gasteiger partial charge in [-0.1, -0.05) is 0 Å². The van der Waals surface area contributed by atoms with Crippen molar-refractivity contribution in [2.75, 3.05) is 11.9 Å². The van der Waals surface area contributed by atoms with E-state index >= 15 is 0 Å². The van der Waals surface area contributed by atoms with Crippen LogP contribution in [0.3, 0.4) is 0 Å². The third kappa shape index (κ3) is 1.99. The normalized spacial score (nSPS) is 15.4. The highest BCUT2D eigenvalue weighted by Gasteiger charge is 2.26. The SMILES string of the molecule is CCOC=C1C(=O)Nc2ncc(-c3ccco3)cc21. The highest BCUT2D eigenvalue weighted by molar-refractivity contribution is 6.30. The lowest BCUT2D eigenvalue weighted by Gasteiger charge is -2.01. The van der Waals surface area contributed by atoms with E-state index in [4.69, 9.17) is 9.15 Å². The van der Waals surface area contributed by atoms with Crippen LogP contribution in [0.5, 0.6) is 0 Å². The molecule has 0 fully saturated rings. The third-order valence-corrected chi connectivity index (χ3v) is 2.83. The van der Waals surface area contributed by atoms with Crippen LogP contribution in [0.15, 0.2) is 41.3 Å². The van der Waals surface area contributed by atoms with Crippen LogP contribution < -0.4 is 5.32 Å². The molecule has 3 rings (SSSR count). The molecule has 0 bridgehead atoms. The van der Waals surface area contributed by atoms with Gasteiger partial charge in [-0.2, -0.15) is 0 Å². The number of carbonyl (C=O) groups is 1. The largest absolute Gasteiger partial charge is 0.501 e. The average molecular weight is 256 g/mol. The van der Waals surface area contributed by atoms with Crippen LogP contribution in [-0.4, -0.2) is 17.5 Å². The summed E-state index contributed by atoms with van der Waals surface area (Å²) in [4.78, 5) is 16.0. The molecule has 0 unspecified atom stereocenters. The summed E-state index contributed by atoms with van der Waals surface area (Å²) < 4.78 is 10.5. The van der Waals surface area contributed by atoms with Gasteiger partial charge in [0, 0.05) is 17.3 Å². The molecule has 1 aliphatic heterocycles. The topological polar surface area (TPSA) is 64.4 Å². The number of aromatic nitrogens is 1. The first-order valence-electron chi connectivity index (χ1n) is 5.97. The van der Waals surface area contributed by atoms with Gasteiger partial charge in [0.25, 0.3) is 5.91 Å². The number of rotatable bonds is 3. The van der Waals surface area contributed by atoms with Gasteiger partial charge in [-0.25, -0.2) is 4.98 Å². The summed E-state index contributed by atoms with van der Waals surface area (Å²) in [5, 5.41) is 2.70. The molecule has 1 aliphatic rings. The van der Waals surface area contributed by atoms with E-state index < -0.39 is 0 Å². The van der Waals surface area contributed by atoms with Crippen molar-refractivity contribution >= 4 is 17.3 Å². The quantitative estimate of drug-likeness (QED) is 0.677. The van der Waals surface area contributed by atoms with Crippen molar-refractivity contribution in [3.8, 4) is 11.3 Å². The van der Waals surface area contributed by atoms with Crippen molar-refractivity contribution in [3.05, 3.63) is 42.5 Å². The number of fused-ring (bicyclic) bond motifs is 1. The van der Waals surface area contributed by atoms with E-state index in [1.807, 2.05) is 25.1 Å². The van der Waals surface area contributed by atoms with Crippen LogP contribution in [0.2, 0.25) is 0 Å². The fraction of sp³-hybridized carbons (Fsp3) is 0.143. The predicted octanol–water partition coefficient (Wildman–Crippen LogP) is 2.67. The van der Waals surface area contributed by atoms with Gasteiger partial charge in [0.2, 0.25) is 0 Å². The number of ether oxygens (including phenoxy) is 1. The fourth-order valence-electron chi connectivity index (χ4n) is 1.93. The van der Waals surface area contributed by atoms with Crippen LogP contribution in [-0.2, 0) is 9.53 Å². The van der Waals surface area contributed by atoms with Gasteiger partial charge in [0.1, 0.15) is 11.6 Å². The molecular formula is C14H12N2O3. The van der Waals surface area contributed by atoms with Gasteiger partial charge >= 0.3 is 0 Å². The number of hydrogen-bond acceptors (Lipinski definition) is 4. The Bertz CT molecular complexity index is 645. The molecule has 5 heteroatoms. The van der Waals surface area contributed by atoms with Gasteiger partial charge in [0.05, 0.1) is 24.7 Å². The van der Waals surface area contributed by atoms with Crippen molar-refractivity contribution < 1.29 is 13.9 Å². The Morgan fingerprint density at radius 2 is 2.42 bits per heavy atom. The molecule has 0 aromatic carbocycles. The minimum atomic E-state index is -0.201. The Hall–Kier alpha value is -2.56. The molecule has 96 valence electrons. The van der Waals surface area contributed by atoms with E-state index in [0.717, 1.165) is 11.1 Å². The summed E-state index contributed by atoms with van der Waals surface area (Å²) in [6.07, 6.45) is 4.74. The number of furan rings is 1. The summed E-state index contributed by atoms with van der Waals surface area (Å²) >= 11 is 0. The van der Waals surface area contributed by atoms with Gasteiger partial charge < -0.3 is 14.5 Å². The second-order valence-electron chi connectivity index (χ2n) is 4.04. The van der Waals surface area contributed by atoms with Crippen molar-refractivity contribution in [2.45, 2.75) is 6.92 Å². The Morgan fingerprint density at radius 1 is 1.53 bits per heavy atom. The van der Waals surface area contributed by atoms with Crippen LogP contribution in [0.1, 0.15) is 12.5 Å². The van der Waals surface area contributed by atoms with Gasteiger partial charge in [-0.05, 0) is 25.1 Å². The molecule has 19 heavy (non-hydrogen) atoms. The van der Waals surface area contributed by atoms with Crippen LogP contribution in [0.4, 0.5) is 5.82 Å². The lowest BCUT2D eigenvalue weighted by atomic mass is 10.1. The number of anilines is 1. The van der Waals surface area contributed by atoms with E-state index in [9.17, 15) is 4.79 Å². The van der Waals surface area contributed by atoms with Crippen molar-refractivity contribution in [2.24, 2.45) is 0 Å². The highest BCUT2D eigenvalue weighted by atomic mass is 16.5. The molecule has 2 aromatic heterocycles. The molecule has 0 atom stereocenters. The van der Waals surface area contributed by atoms with E-state index in [0.29, 0.717) is 23.8 Å².